The molecule has 4 heavy (non-hydrogen) atoms. The molecule has 4 heteroatoms. The van der Waals surface area contributed by atoms with Gasteiger partial charge in [-0.25, -0.2) is 0 Å². The summed E-state index contributed by atoms with van der Waals surface area (Å²) in [6.07, 6.45) is 0. The molecule has 0 atom stereocenters. The molecule has 0 aliphatic carbocycles. The van der Waals surface area contributed by atoms with Crippen molar-refractivity contribution in [2.24, 2.45) is 0 Å². The van der Waals surface area contributed by atoms with Crippen molar-refractivity contribution < 1.29 is 0 Å². The van der Waals surface area contributed by atoms with E-state index in [0.29, 0.717) is 0 Å². The van der Waals surface area contributed by atoms with E-state index in [1.807, 2.05) is 0 Å². The quantitative estimate of drug-likeness (QED) is 0.375. The fourth-order valence-corrected chi connectivity index (χ4v) is 0. The van der Waals surface area contributed by atoms with Gasteiger partial charge in [0.05, 0.1) is 8.95 Å². The van der Waals surface area contributed by atoms with Crippen LogP contribution in [0.2, 0.25) is 0 Å². The number of hydrogen-bond donors (Lipinski definition) is 0. The molecule has 0 heterocycles. The molecule has 0 aromatic rings. The molecular weight excluding hydrogens is 155 g/mol. The molecule has 0 nitrogen and oxygen atoms in total. The zero-order valence-electron chi connectivity index (χ0n) is 1.12. The molecule has 0 saturated heterocycles. The van der Waals surface area contributed by atoms with Gasteiger partial charge in [-0.1, -0.05) is 0 Å². The molecule has 0 aromatic carbocycles. The van der Waals surface area contributed by atoms with Crippen LogP contribution in [0.3, 0.4) is 0 Å². The predicted molar refractivity (Wildman–Crippen MR) is 31.8 cm³/mol. The van der Waals surface area contributed by atoms with Gasteiger partial charge in [-0.2, -0.15) is 0 Å². The van der Waals surface area contributed by atoms with Crippen molar-refractivity contribution in [1.82, 2.24) is 0 Å². The van der Waals surface area contributed by atoms with E-state index in [2.05, 4.69) is 11.6 Å². The van der Waals surface area contributed by atoms with Gasteiger partial charge >= 0.3 is 64.3 Å². The average molecular weight is 160 g/mol. The van der Waals surface area contributed by atoms with Crippen molar-refractivity contribution in [1.29, 1.82) is 0 Å². The van der Waals surface area contributed by atoms with Crippen LogP contribution in [0.1, 0.15) is 0 Å². The van der Waals surface area contributed by atoms with Gasteiger partial charge in [-0.05, 0) is 0 Å². The van der Waals surface area contributed by atoms with E-state index in [0.717, 1.165) is 0 Å². The first-order chi connectivity index (χ1) is 1.00. The van der Waals surface area contributed by atoms with E-state index in [4.69, 9.17) is 0 Å². The van der Waals surface area contributed by atoms with Gasteiger partial charge in [-0.15, -0.1) is 11.6 Å². The van der Waals surface area contributed by atoms with E-state index >= 15 is 0 Å². The molecule has 18 valence electrons. The molecule has 0 bridgehead atoms. The molecular formula is H5LiSSiSr. The van der Waals surface area contributed by atoms with E-state index in [1.165, 1.54) is 8.95 Å². The first-order valence-electron chi connectivity index (χ1n) is 0.289. The Morgan fingerprint density at radius 3 is 1.25 bits per heavy atom. The average Bonchev–Trinajstić information content (AvgIpc) is 1.00. The van der Waals surface area contributed by atoms with Crippen LogP contribution in [-0.4, -0.2) is 73.3 Å². The summed E-state index contributed by atoms with van der Waals surface area (Å²) in [7, 11) is 1.44. The van der Waals surface area contributed by atoms with Crippen LogP contribution in [0.15, 0.2) is 0 Å². The molecule has 0 rings (SSSR count). The second-order valence-electron chi connectivity index (χ2n) is 0. The molecule has 0 amide bonds. The predicted octanol–water partition coefficient (Wildman–Crippen LogP) is -1.83. The van der Waals surface area contributed by atoms with E-state index in [9.17, 15) is 0 Å². The molecule has 0 spiro atoms. The van der Waals surface area contributed by atoms with Gasteiger partial charge in [0.15, 0.2) is 0 Å². The number of hydrogen-bond acceptors (Lipinski definition) is 1. The molecule has 0 saturated carbocycles. The molecule has 0 radical (unpaired) electrons. The Labute approximate surface area is 83.1 Å². The van der Waals surface area contributed by atoms with Crippen LogP contribution < -0.4 is 0 Å². The fraction of sp³-hybridized carbons (Fsp3) is 0. The van der Waals surface area contributed by atoms with Gasteiger partial charge in [0, 0.05) is 0 Å². The summed E-state index contributed by atoms with van der Waals surface area (Å²) in [5.74, 6) is 0. The van der Waals surface area contributed by atoms with Crippen molar-refractivity contribution in [3.8, 4) is 0 Å². The van der Waals surface area contributed by atoms with Crippen LogP contribution in [0.4, 0.5) is 0 Å². The Morgan fingerprint density at radius 1 is 1.25 bits per heavy atom. The van der Waals surface area contributed by atoms with E-state index in [1.54, 1.807) is 0 Å². The third-order valence-electron chi connectivity index (χ3n) is 0. The summed E-state index contributed by atoms with van der Waals surface area (Å²) in [5, 5.41) is 0. The maximum atomic E-state index is 4.11. The third kappa shape index (κ3) is 8.82. The van der Waals surface area contributed by atoms with Crippen molar-refractivity contribution >= 4 is 84.9 Å². The van der Waals surface area contributed by atoms with Gasteiger partial charge in [0.25, 0.3) is 0 Å². The van der Waals surface area contributed by atoms with Crippen LogP contribution in [0.5, 0.6) is 0 Å². The van der Waals surface area contributed by atoms with Gasteiger partial charge in [0.2, 0.25) is 0 Å². The minimum absolute atomic E-state index is 0. The Hall–Kier alpha value is 2.51. The zero-order chi connectivity index (χ0) is 2.00. The molecule has 0 aromatic heterocycles. The Bertz CT molecular complexity index is 8.00. The van der Waals surface area contributed by atoms with Crippen LogP contribution in [-0.2, 0) is 0 Å². The van der Waals surface area contributed by atoms with Crippen LogP contribution in [0, 0.1) is 0 Å². The Morgan fingerprint density at radius 2 is 1.25 bits per heavy atom. The van der Waals surface area contributed by atoms with Crippen molar-refractivity contribution in [2.75, 3.05) is 0 Å². The van der Waals surface area contributed by atoms with Crippen molar-refractivity contribution in [3.63, 3.8) is 0 Å². The molecule has 0 fully saturated rings. The maximum absolute atomic E-state index is 4.11. The van der Waals surface area contributed by atoms with E-state index in [-0.39, 0.29) is 64.3 Å². The van der Waals surface area contributed by atoms with Crippen LogP contribution in [0.25, 0.3) is 0 Å². The molecule has 0 aliphatic heterocycles. The fourth-order valence-electron chi connectivity index (χ4n) is 0. The SMILES string of the molecule is [LiH].[SiH2]=S.[SrH2]. The summed E-state index contributed by atoms with van der Waals surface area (Å²) in [6.45, 7) is 0. The topological polar surface area (TPSA) is 0 Å². The summed E-state index contributed by atoms with van der Waals surface area (Å²) in [6, 6.07) is 0. The van der Waals surface area contributed by atoms with Crippen molar-refractivity contribution in [3.05, 3.63) is 0 Å². The first-order valence-corrected chi connectivity index (χ1v) is 2.60. The standard InChI is InChI=1S/Li.H2SSi.Sr.3H/c;1-2;;;;/h;2H2;;;;. The molecule has 0 N–H and O–H groups in total. The Kier molecular flexibility index (Phi) is 71.3. The second kappa shape index (κ2) is 17.8. The molecule has 0 aliphatic rings. The van der Waals surface area contributed by atoms with Gasteiger partial charge in [0.1, 0.15) is 0 Å². The summed E-state index contributed by atoms with van der Waals surface area (Å²) in [4.78, 5) is 0. The van der Waals surface area contributed by atoms with Gasteiger partial charge in [-0.3, -0.25) is 0 Å². The van der Waals surface area contributed by atoms with Crippen molar-refractivity contribution in [2.45, 2.75) is 0 Å². The molecule has 0 unspecified atom stereocenters. The summed E-state index contributed by atoms with van der Waals surface area (Å²) < 4.78 is 0. The van der Waals surface area contributed by atoms with E-state index < -0.39 is 0 Å². The summed E-state index contributed by atoms with van der Waals surface area (Å²) >= 11 is 4.11. The second-order valence-corrected chi connectivity index (χ2v) is 0. The monoisotopic (exact) mass is 160 g/mol. The number of rotatable bonds is 0. The van der Waals surface area contributed by atoms with Gasteiger partial charge < -0.3 is 0 Å². The summed E-state index contributed by atoms with van der Waals surface area (Å²) in [5.41, 5.74) is 0. The zero-order valence-corrected chi connectivity index (χ0v) is 3.35. The minimum atomic E-state index is 0. The Balaban J connectivity index is -0.00000000500. The van der Waals surface area contributed by atoms with Crippen LogP contribution >= 0.6 is 11.6 Å². The first kappa shape index (κ1) is 16.0. The normalized spacial score (nSPS) is 1.00. The third-order valence-corrected chi connectivity index (χ3v) is 0.